The van der Waals surface area contributed by atoms with Crippen LogP contribution in [0.2, 0.25) is 0 Å². The maximum absolute atomic E-state index is 12.2. The summed E-state index contributed by atoms with van der Waals surface area (Å²) < 4.78 is 0. The van der Waals surface area contributed by atoms with Crippen molar-refractivity contribution in [3.05, 3.63) is 71.3 Å². The number of hydrogen-bond acceptors (Lipinski definition) is 3. The molecule has 4 heteroatoms. The van der Waals surface area contributed by atoms with Gasteiger partial charge < -0.3 is 10.2 Å². The van der Waals surface area contributed by atoms with Crippen LogP contribution in [-0.2, 0) is 11.2 Å². The average Bonchev–Trinajstić information content (AvgIpc) is 2.68. The minimum atomic E-state index is 0.113. The molecule has 2 aromatic carbocycles. The molecular weight excluding hydrogens is 334 g/mol. The highest BCUT2D eigenvalue weighted by Crippen LogP contribution is 2.24. The molecule has 0 aliphatic carbocycles. The van der Waals surface area contributed by atoms with Crippen molar-refractivity contribution >= 4 is 5.91 Å². The van der Waals surface area contributed by atoms with Crippen molar-refractivity contribution in [3.63, 3.8) is 0 Å². The molecule has 1 saturated heterocycles. The summed E-state index contributed by atoms with van der Waals surface area (Å²) in [4.78, 5) is 17.2. The molecule has 2 aromatic rings. The van der Waals surface area contributed by atoms with Gasteiger partial charge >= 0.3 is 0 Å². The van der Waals surface area contributed by atoms with Gasteiger partial charge in [0.25, 0.3) is 0 Å². The Morgan fingerprint density at radius 3 is 2.59 bits per heavy atom. The smallest absolute Gasteiger partial charge is 0.224 e. The van der Waals surface area contributed by atoms with Crippen LogP contribution in [0.3, 0.4) is 0 Å². The van der Waals surface area contributed by atoms with Crippen LogP contribution in [0.15, 0.2) is 54.6 Å². The van der Waals surface area contributed by atoms with E-state index in [4.69, 9.17) is 0 Å². The number of benzene rings is 2. The first kappa shape index (κ1) is 19.6. The molecule has 4 nitrogen and oxygen atoms in total. The van der Waals surface area contributed by atoms with Gasteiger partial charge in [0, 0.05) is 38.8 Å². The van der Waals surface area contributed by atoms with Gasteiger partial charge in [0.05, 0.1) is 6.42 Å². The summed E-state index contributed by atoms with van der Waals surface area (Å²) >= 11 is 0. The number of rotatable bonds is 7. The van der Waals surface area contributed by atoms with E-state index in [1.165, 1.54) is 11.1 Å². The fourth-order valence-corrected chi connectivity index (χ4v) is 3.77. The molecule has 0 unspecified atom stereocenters. The van der Waals surface area contributed by atoms with Gasteiger partial charge in [0.2, 0.25) is 5.91 Å². The lowest BCUT2D eigenvalue weighted by molar-refractivity contribution is -0.120. The highest BCUT2D eigenvalue weighted by Gasteiger charge is 2.25. The van der Waals surface area contributed by atoms with Crippen molar-refractivity contribution in [2.24, 2.45) is 0 Å². The van der Waals surface area contributed by atoms with E-state index in [-0.39, 0.29) is 5.91 Å². The highest BCUT2D eigenvalue weighted by atomic mass is 16.1. The van der Waals surface area contributed by atoms with Crippen molar-refractivity contribution in [1.29, 1.82) is 0 Å². The van der Waals surface area contributed by atoms with Gasteiger partial charge in [-0.3, -0.25) is 9.69 Å². The number of carbonyl (C=O) groups excluding carboxylic acids is 1. The Morgan fingerprint density at radius 1 is 1.07 bits per heavy atom. The third-order valence-electron chi connectivity index (χ3n) is 5.44. The maximum Gasteiger partial charge on any atom is 0.224 e. The van der Waals surface area contributed by atoms with E-state index in [1.54, 1.807) is 0 Å². The quantitative estimate of drug-likeness (QED) is 0.766. The SMILES string of the molecule is Cc1ccccc1CC(=O)NCCCN1CCN(C)C[C@H]1c1ccccc1. The summed E-state index contributed by atoms with van der Waals surface area (Å²) in [5.74, 6) is 0.113. The Kier molecular flexibility index (Phi) is 7.02. The van der Waals surface area contributed by atoms with Crippen molar-refractivity contribution in [2.75, 3.05) is 39.8 Å². The van der Waals surface area contributed by atoms with Gasteiger partial charge in [0.15, 0.2) is 0 Å². The van der Waals surface area contributed by atoms with Gasteiger partial charge in [0.1, 0.15) is 0 Å². The molecule has 144 valence electrons. The molecule has 0 radical (unpaired) electrons. The molecule has 3 rings (SSSR count). The Balaban J connectivity index is 1.46. The number of aryl methyl sites for hydroxylation is 1. The Morgan fingerprint density at radius 2 is 1.81 bits per heavy atom. The maximum atomic E-state index is 12.2. The number of amides is 1. The fraction of sp³-hybridized carbons (Fsp3) is 0.435. The zero-order chi connectivity index (χ0) is 19.1. The molecule has 1 heterocycles. The van der Waals surface area contributed by atoms with Crippen molar-refractivity contribution in [1.82, 2.24) is 15.1 Å². The molecule has 1 atom stereocenters. The van der Waals surface area contributed by atoms with Crippen LogP contribution in [0.1, 0.15) is 29.2 Å². The lowest BCUT2D eigenvalue weighted by Gasteiger charge is -2.40. The Bertz CT molecular complexity index is 731. The van der Waals surface area contributed by atoms with Gasteiger partial charge in [-0.1, -0.05) is 54.6 Å². The van der Waals surface area contributed by atoms with Crippen LogP contribution in [0.5, 0.6) is 0 Å². The molecule has 1 N–H and O–H groups in total. The lowest BCUT2D eigenvalue weighted by Crippen LogP contribution is -2.47. The zero-order valence-corrected chi connectivity index (χ0v) is 16.5. The molecular formula is C23H31N3O. The van der Waals surface area contributed by atoms with Crippen molar-refractivity contribution in [2.45, 2.75) is 25.8 Å². The number of hydrogen-bond donors (Lipinski definition) is 1. The summed E-state index contributed by atoms with van der Waals surface area (Å²) in [6.07, 6.45) is 1.44. The van der Waals surface area contributed by atoms with Crippen molar-refractivity contribution < 1.29 is 4.79 Å². The van der Waals surface area contributed by atoms with E-state index in [2.05, 4.69) is 65.5 Å². The zero-order valence-electron chi connectivity index (χ0n) is 16.5. The topological polar surface area (TPSA) is 35.6 Å². The van der Waals surface area contributed by atoms with Gasteiger partial charge in [-0.05, 0) is 37.1 Å². The normalized spacial score (nSPS) is 18.4. The monoisotopic (exact) mass is 365 g/mol. The van der Waals surface area contributed by atoms with Crippen LogP contribution < -0.4 is 5.32 Å². The second kappa shape index (κ2) is 9.67. The van der Waals surface area contributed by atoms with Crippen LogP contribution in [0.25, 0.3) is 0 Å². The number of nitrogens with zero attached hydrogens (tertiary/aromatic N) is 2. The predicted octanol–water partition coefficient (Wildman–Crippen LogP) is 3.03. The highest BCUT2D eigenvalue weighted by molar-refractivity contribution is 5.78. The number of nitrogens with one attached hydrogen (secondary N) is 1. The molecule has 0 aromatic heterocycles. The van der Waals surface area contributed by atoms with Gasteiger partial charge in [-0.2, -0.15) is 0 Å². The standard InChI is InChI=1S/C23H31N3O/c1-19-9-6-7-12-21(19)17-23(27)24-13-8-14-26-16-15-25(2)18-22(26)20-10-4-3-5-11-20/h3-7,9-12,22H,8,13-18H2,1-2H3,(H,24,27)/t22-/m0/s1. The Labute approximate surface area is 163 Å². The molecule has 1 amide bonds. The number of likely N-dealkylation sites (N-methyl/N-ethyl adjacent to an activating group) is 1. The molecule has 0 spiro atoms. The van der Waals surface area contributed by atoms with E-state index in [1.807, 2.05) is 18.2 Å². The fourth-order valence-electron chi connectivity index (χ4n) is 3.77. The summed E-state index contributed by atoms with van der Waals surface area (Å²) in [6, 6.07) is 19.3. The Hall–Kier alpha value is -2.17. The van der Waals surface area contributed by atoms with Crippen LogP contribution >= 0.6 is 0 Å². The third-order valence-corrected chi connectivity index (χ3v) is 5.44. The number of carbonyl (C=O) groups is 1. The molecule has 0 saturated carbocycles. The summed E-state index contributed by atoms with van der Waals surface area (Å²) in [5.41, 5.74) is 3.67. The van der Waals surface area contributed by atoms with Gasteiger partial charge in [-0.25, -0.2) is 0 Å². The minimum absolute atomic E-state index is 0.113. The van der Waals surface area contributed by atoms with Crippen LogP contribution in [-0.4, -0.2) is 55.5 Å². The summed E-state index contributed by atoms with van der Waals surface area (Å²) in [5, 5.41) is 3.09. The summed E-state index contributed by atoms with van der Waals surface area (Å²) in [7, 11) is 2.19. The second-order valence-electron chi connectivity index (χ2n) is 7.53. The van der Waals surface area contributed by atoms with E-state index < -0.39 is 0 Å². The van der Waals surface area contributed by atoms with E-state index >= 15 is 0 Å². The third kappa shape index (κ3) is 5.65. The molecule has 1 fully saturated rings. The van der Waals surface area contributed by atoms with E-state index in [9.17, 15) is 4.79 Å². The molecule has 1 aliphatic heterocycles. The average molecular weight is 366 g/mol. The number of piperazine rings is 1. The molecule has 1 aliphatic rings. The van der Waals surface area contributed by atoms with Crippen LogP contribution in [0, 0.1) is 6.92 Å². The molecule has 0 bridgehead atoms. The first-order valence-electron chi connectivity index (χ1n) is 9.92. The van der Waals surface area contributed by atoms with E-state index in [0.717, 1.165) is 44.7 Å². The second-order valence-corrected chi connectivity index (χ2v) is 7.53. The van der Waals surface area contributed by atoms with Crippen molar-refractivity contribution in [3.8, 4) is 0 Å². The first-order chi connectivity index (χ1) is 13.1. The largest absolute Gasteiger partial charge is 0.356 e. The van der Waals surface area contributed by atoms with Gasteiger partial charge in [-0.15, -0.1) is 0 Å². The lowest BCUT2D eigenvalue weighted by atomic mass is 10.0. The summed E-state index contributed by atoms with van der Waals surface area (Å²) in [6.45, 7) is 7.04. The predicted molar refractivity (Wildman–Crippen MR) is 111 cm³/mol. The minimum Gasteiger partial charge on any atom is -0.356 e. The molecule has 27 heavy (non-hydrogen) atoms. The van der Waals surface area contributed by atoms with Crippen LogP contribution in [0.4, 0.5) is 0 Å². The van der Waals surface area contributed by atoms with E-state index in [0.29, 0.717) is 12.5 Å². The first-order valence-corrected chi connectivity index (χ1v) is 9.92.